The van der Waals surface area contributed by atoms with Crippen LogP contribution in [0.4, 0.5) is 8.78 Å². The minimum atomic E-state index is -2.34. The second kappa shape index (κ2) is 38.5. The number of rotatable bonds is 8. The number of ether oxygens (including phenoxy) is 1. The molecule has 2 N–H and O–H groups in total. The highest BCUT2D eigenvalue weighted by atomic mass is 19.3. The van der Waals surface area contributed by atoms with Crippen LogP contribution in [0.5, 0.6) is 0 Å². The highest BCUT2D eigenvalue weighted by Crippen LogP contribution is 2.35. The Kier molecular flexibility index (Phi) is 43.9. The van der Waals surface area contributed by atoms with Gasteiger partial charge >= 0.3 is 0 Å². The van der Waals surface area contributed by atoms with Crippen LogP contribution in [0.2, 0.25) is 0 Å². The number of hydrogen-bond donors (Lipinski definition) is 2. The third-order valence-electron chi connectivity index (χ3n) is 8.89. The Bertz CT molecular complexity index is 505. The lowest BCUT2D eigenvalue weighted by Gasteiger charge is -2.25. The molecule has 3 fully saturated rings. The van der Waals surface area contributed by atoms with Crippen molar-refractivity contribution in [2.24, 2.45) is 41.4 Å². The molecule has 2 saturated carbocycles. The summed E-state index contributed by atoms with van der Waals surface area (Å²) >= 11 is 0. The molecule has 1 heterocycles. The summed E-state index contributed by atoms with van der Waals surface area (Å²) in [5, 5.41) is 6.13. The van der Waals surface area contributed by atoms with Gasteiger partial charge in [0.2, 0.25) is 5.92 Å². The minimum Gasteiger partial charge on any atom is -0.381 e. The van der Waals surface area contributed by atoms with E-state index in [0.29, 0.717) is 18.8 Å². The van der Waals surface area contributed by atoms with Gasteiger partial charge in [0, 0.05) is 26.1 Å². The highest BCUT2D eigenvalue weighted by Gasteiger charge is 2.33. The molecule has 1 saturated heterocycles. The van der Waals surface area contributed by atoms with E-state index >= 15 is 0 Å². The number of alkyl halides is 2. The summed E-state index contributed by atoms with van der Waals surface area (Å²) in [5.74, 6) is 3.53. The van der Waals surface area contributed by atoms with E-state index in [0.717, 1.165) is 61.8 Å². The first kappa shape index (κ1) is 53.5. The molecule has 3 aliphatic rings. The lowest BCUT2D eigenvalue weighted by molar-refractivity contribution is -0.0438. The van der Waals surface area contributed by atoms with E-state index in [2.05, 4.69) is 93.7 Å². The Hall–Kier alpha value is -0.260. The van der Waals surface area contributed by atoms with Crippen LogP contribution in [0.15, 0.2) is 0 Å². The van der Waals surface area contributed by atoms with Crippen molar-refractivity contribution >= 4 is 0 Å². The van der Waals surface area contributed by atoms with Crippen LogP contribution in [-0.2, 0) is 4.74 Å². The fraction of sp³-hybridized carbons (Fsp3) is 1.00. The minimum absolute atomic E-state index is 0.105. The molecule has 0 aromatic heterocycles. The van der Waals surface area contributed by atoms with Gasteiger partial charge in [0.05, 0.1) is 0 Å². The van der Waals surface area contributed by atoms with Crippen LogP contribution in [0.25, 0.3) is 0 Å². The Morgan fingerprint density at radius 1 is 0.596 bits per heavy atom. The van der Waals surface area contributed by atoms with Crippen molar-refractivity contribution < 1.29 is 13.5 Å². The second-order valence-corrected chi connectivity index (χ2v) is 16.1. The first-order chi connectivity index (χ1) is 22.0. The van der Waals surface area contributed by atoms with Crippen molar-refractivity contribution in [2.45, 2.75) is 192 Å². The molecule has 2 aliphatic carbocycles. The molecule has 1 aliphatic heterocycles. The van der Waals surface area contributed by atoms with Gasteiger partial charge in [0.25, 0.3) is 0 Å². The molecule has 0 unspecified atom stereocenters. The molecule has 5 heteroatoms. The topological polar surface area (TPSA) is 33.3 Å². The molecule has 0 aromatic rings. The molecule has 0 atom stereocenters. The maximum atomic E-state index is 12.4. The standard InChI is InChI=1S/C7H12F2.C7H14.C6H12O.2C6H14.2C5H13N/c1-6-2-4-7(8,9)5-3-6;1-7-5-3-2-4-6-7;1-6-2-4-7-5-3-6;1-4-5-6(2)3;1-4-6(3)5-2;2*1-5(2)4-6-3/h6H,2-5H2,1H3;7H,2-6H2,1H3;6H,2-5H2,1H3;2*6H,4-5H2,1-3H3;2*5-6H,4H2,1-3H3. The third kappa shape index (κ3) is 52.7. The third-order valence-corrected chi connectivity index (χ3v) is 8.89. The fourth-order valence-electron chi connectivity index (χ4n) is 4.99. The normalized spacial score (nSPS) is 18.1. The highest BCUT2D eigenvalue weighted by molar-refractivity contribution is 4.74. The van der Waals surface area contributed by atoms with E-state index in [1.54, 1.807) is 0 Å². The lowest BCUT2D eigenvalue weighted by atomic mass is 9.88. The van der Waals surface area contributed by atoms with E-state index in [1.807, 2.05) is 21.0 Å². The molecule has 0 radical (unpaired) electrons. The smallest absolute Gasteiger partial charge is 0.248 e. The number of nitrogens with one attached hydrogen (secondary N) is 2. The van der Waals surface area contributed by atoms with E-state index in [-0.39, 0.29) is 12.8 Å². The maximum Gasteiger partial charge on any atom is 0.248 e. The molecule has 0 amide bonds. The van der Waals surface area contributed by atoms with Crippen molar-refractivity contribution in [1.29, 1.82) is 0 Å². The van der Waals surface area contributed by atoms with Crippen LogP contribution < -0.4 is 10.6 Å². The van der Waals surface area contributed by atoms with Crippen molar-refractivity contribution in [3.63, 3.8) is 0 Å². The van der Waals surface area contributed by atoms with Crippen molar-refractivity contribution in [3.8, 4) is 0 Å². The van der Waals surface area contributed by atoms with E-state index in [9.17, 15) is 8.78 Å². The predicted molar refractivity (Wildman–Crippen MR) is 211 cm³/mol. The summed E-state index contributed by atoms with van der Waals surface area (Å²) in [4.78, 5) is 0. The van der Waals surface area contributed by atoms with Crippen LogP contribution in [0.3, 0.4) is 0 Å². The summed E-state index contributed by atoms with van der Waals surface area (Å²) in [7, 11) is 3.94. The average molecular weight is 679 g/mol. The van der Waals surface area contributed by atoms with Gasteiger partial charge < -0.3 is 15.4 Å². The molecule has 3 rings (SSSR count). The quantitative estimate of drug-likeness (QED) is 0.268. The molecule has 290 valence electrons. The zero-order valence-corrected chi connectivity index (χ0v) is 35.1. The zero-order chi connectivity index (χ0) is 37.1. The fourth-order valence-corrected chi connectivity index (χ4v) is 4.99. The number of hydrogen-bond acceptors (Lipinski definition) is 3. The molecule has 0 aromatic carbocycles. The lowest BCUT2D eigenvalue weighted by Crippen LogP contribution is -2.23. The zero-order valence-electron chi connectivity index (χ0n) is 35.1. The largest absolute Gasteiger partial charge is 0.381 e. The SMILES string of the molecule is CC1CCC(F)(F)CC1.CC1CCCCC1.CC1CCOCC1.CCC(C)CC.CCCC(C)C.CNCC(C)C.CNCC(C)C. The van der Waals surface area contributed by atoms with Crippen LogP contribution in [0, 0.1) is 41.4 Å². The molecule has 0 spiro atoms. The van der Waals surface area contributed by atoms with Gasteiger partial charge in [-0.15, -0.1) is 0 Å². The van der Waals surface area contributed by atoms with E-state index in [4.69, 9.17) is 4.74 Å². The molecular weight excluding hydrogens is 586 g/mol. The Morgan fingerprint density at radius 3 is 1.13 bits per heavy atom. The van der Waals surface area contributed by atoms with Crippen molar-refractivity contribution in [3.05, 3.63) is 0 Å². The van der Waals surface area contributed by atoms with Gasteiger partial charge in [0.15, 0.2) is 0 Å². The van der Waals surface area contributed by atoms with Crippen molar-refractivity contribution in [1.82, 2.24) is 10.6 Å². The predicted octanol–water partition coefficient (Wildman–Crippen LogP) is 13.5. The van der Waals surface area contributed by atoms with Crippen LogP contribution in [0.1, 0.15) is 186 Å². The van der Waals surface area contributed by atoms with Crippen LogP contribution in [-0.4, -0.2) is 46.3 Å². The van der Waals surface area contributed by atoms with E-state index < -0.39 is 5.92 Å². The van der Waals surface area contributed by atoms with Gasteiger partial charge in [-0.1, -0.05) is 148 Å². The summed E-state index contributed by atoms with van der Waals surface area (Å²) < 4.78 is 29.9. The summed E-state index contributed by atoms with van der Waals surface area (Å²) in [5.41, 5.74) is 0. The van der Waals surface area contributed by atoms with Gasteiger partial charge in [-0.05, 0) is 94.3 Å². The molecule has 0 bridgehead atoms. The summed E-state index contributed by atoms with van der Waals surface area (Å²) in [6.07, 6.45) is 16.9. The van der Waals surface area contributed by atoms with Gasteiger partial charge in [-0.25, -0.2) is 8.78 Å². The first-order valence-corrected chi connectivity index (χ1v) is 20.3. The van der Waals surface area contributed by atoms with Gasteiger partial charge in [0.1, 0.15) is 0 Å². The Labute approximate surface area is 297 Å². The number of halogens is 2. The summed E-state index contributed by atoms with van der Waals surface area (Å²) in [6, 6.07) is 0. The van der Waals surface area contributed by atoms with Crippen LogP contribution >= 0.6 is 0 Å². The average Bonchev–Trinajstić information content (AvgIpc) is 3.01. The van der Waals surface area contributed by atoms with Crippen molar-refractivity contribution in [2.75, 3.05) is 40.4 Å². The summed E-state index contributed by atoms with van der Waals surface area (Å²) in [6.45, 7) is 33.1. The van der Waals surface area contributed by atoms with E-state index in [1.165, 1.54) is 70.6 Å². The molecule has 3 nitrogen and oxygen atoms in total. The maximum absolute atomic E-state index is 12.4. The van der Waals surface area contributed by atoms with Gasteiger partial charge in [-0.3, -0.25) is 0 Å². The Morgan fingerprint density at radius 2 is 0.979 bits per heavy atom. The second-order valence-electron chi connectivity index (χ2n) is 16.1. The monoisotopic (exact) mass is 679 g/mol. The Balaban J connectivity index is -0.000000231. The first-order valence-electron chi connectivity index (χ1n) is 20.3. The molecular formula is C42H92F2N2O. The van der Waals surface area contributed by atoms with Gasteiger partial charge in [-0.2, -0.15) is 0 Å². The molecule has 47 heavy (non-hydrogen) atoms.